The summed E-state index contributed by atoms with van der Waals surface area (Å²) in [6.07, 6.45) is 6.64. The van der Waals surface area contributed by atoms with Gasteiger partial charge in [-0.25, -0.2) is 4.98 Å². The zero-order valence-electron chi connectivity index (χ0n) is 20.8. The van der Waals surface area contributed by atoms with Crippen LogP contribution >= 0.6 is 0 Å². The first-order valence-electron chi connectivity index (χ1n) is 12.9. The number of hydrogen-bond donors (Lipinski definition) is 1. The minimum Gasteiger partial charge on any atom is -0.488 e. The van der Waals surface area contributed by atoms with Crippen LogP contribution in [0.4, 0.5) is 0 Å². The molecule has 0 bridgehead atoms. The van der Waals surface area contributed by atoms with Crippen molar-refractivity contribution in [3.05, 3.63) is 53.9 Å². The maximum atomic E-state index is 13.8. The number of likely N-dealkylation sites (tertiary alicyclic amines) is 1. The number of H-pyrrole nitrogens is 1. The van der Waals surface area contributed by atoms with Crippen LogP contribution in [-0.2, 0) is 17.9 Å². The lowest BCUT2D eigenvalue weighted by Crippen LogP contribution is -2.45. The van der Waals surface area contributed by atoms with E-state index in [1.54, 1.807) is 0 Å². The number of ether oxygens (including phenoxy) is 2. The first-order chi connectivity index (χ1) is 17.1. The fraction of sp³-hybridized carbons (Fsp3) is 0.500. The standard InChI is InChI=1S/C28H36N4O3/c1-20(2)16-32(17-21-14-25-27(30-15-21)35-13-5-12-34-25)28(33)24-8-4-11-31(19-24)18-23-7-3-6-22-9-10-29-26(22)23/h3,6-7,9-10,14-15,20,24,29H,4-5,8,11-13,16-19H2,1-2H3. The van der Waals surface area contributed by atoms with E-state index in [9.17, 15) is 4.79 Å². The van der Waals surface area contributed by atoms with Gasteiger partial charge in [0.25, 0.3) is 5.88 Å². The Bertz CT molecular complexity index is 1160. The average molecular weight is 477 g/mol. The molecular formula is C28H36N4O3. The van der Waals surface area contributed by atoms with Crippen LogP contribution in [0.15, 0.2) is 42.7 Å². The first kappa shape index (κ1) is 23.7. The molecule has 186 valence electrons. The highest BCUT2D eigenvalue weighted by molar-refractivity contribution is 5.82. The molecule has 2 aromatic heterocycles. The van der Waals surface area contributed by atoms with E-state index >= 15 is 0 Å². The van der Waals surface area contributed by atoms with E-state index < -0.39 is 0 Å². The van der Waals surface area contributed by atoms with Gasteiger partial charge in [0, 0.05) is 50.5 Å². The van der Waals surface area contributed by atoms with Crippen LogP contribution in [0.3, 0.4) is 0 Å². The summed E-state index contributed by atoms with van der Waals surface area (Å²) in [5, 5.41) is 1.24. The summed E-state index contributed by atoms with van der Waals surface area (Å²) in [6, 6.07) is 10.5. The van der Waals surface area contributed by atoms with E-state index in [1.807, 2.05) is 23.4 Å². The van der Waals surface area contributed by atoms with Crippen LogP contribution in [0.2, 0.25) is 0 Å². The fourth-order valence-corrected chi connectivity index (χ4v) is 5.26. The predicted octanol–water partition coefficient (Wildman–Crippen LogP) is 4.62. The van der Waals surface area contributed by atoms with Gasteiger partial charge < -0.3 is 19.4 Å². The van der Waals surface area contributed by atoms with E-state index in [-0.39, 0.29) is 11.8 Å². The zero-order chi connectivity index (χ0) is 24.2. The monoisotopic (exact) mass is 476 g/mol. The lowest BCUT2D eigenvalue weighted by molar-refractivity contribution is -0.138. The van der Waals surface area contributed by atoms with Gasteiger partial charge in [-0.05, 0) is 54.0 Å². The molecule has 2 aliphatic heterocycles. The molecule has 7 nitrogen and oxygen atoms in total. The number of amides is 1. The summed E-state index contributed by atoms with van der Waals surface area (Å²) < 4.78 is 11.5. The van der Waals surface area contributed by atoms with Crippen LogP contribution in [0.5, 0.6) is 11.6 Å². The number of rotatable bonds is 7. The van der Waals surface area contributed by atoms with Gasteiger partial charge >= 0.3 is 0 Å². The number of piperidine rings is 1. The summed E-state index contributed by atoms with van der Waals surface area (Å²) in [4.78, 5) is 26.1. The van der Waals surface area contributed by atoms with E-state index in [0.29, 0.717) is 37.3 Å². The van der Waals surface area contributed by atoms with Crippen LogP contribution in [0.25, 0.3) is 10.9 Å². The molecule has 3 aromatic rings. The molecule has 1 amide bonds. The molecule has 0 saturated carbocycles. The Kier molecular flexibility index (Phi) is 7.23. The Morgan fingerprint density at radius 2 is 2.11 bits per heavy atom. The van der Waals surface area contributed by atoms with Crippen molar-refractivity contribution in [2.75, 3.05) is 32.8 Å². The van der Waals surface area contributed by atoms with Crippen molar-refractivity contribution in [3.63, 3.8) is 0 Å². The molecule has 7 heteroatoms. The number of carbonyl (C=O) groups is 1. The zero-order valence-corrected chi connectivity index (χ0v) is 20.8. The van der Waals surface area contributed by atoms with E-state index in [4.69, 9.17) is 9.47 Å². The summed E-state index contributed by atoms with van der Waals surface area (Å²) in [7, 11) is 0. The molecule has 1 N–H and O–H groups in total. The maximum Gasteiger partial charge on any atom is 0.257 e. The van der Waals surface area contributed by atoms with Crippen LogP contribution < -0.4 is 9.47 Å². The van der Waals surface area contributed by atoms with Gasteiger partial charge in [-0.2, -0.15) is 0 Å². The smallest absolute Gasteiger partial charge is 0.257 e. The Balaban J connectivity index is 1.28. The molecular weight excluding hydrogens is 440 g/mol. The number of nitrogens with zero attached hydrogens (tertiary/aromatic N) is 3. The van der Waals surface area contributed by atoms with Gasteiger partial charge in [-0.1, -0.05) is 32.0 Å². The second-order valence-corrected chi connectivity index (χ2v) is 10.2. The minimum atomic E-state index is 0.0127. The number of nitrogens with one attached hydrogen (secondary N) is 1. The van der Waals surface area contributed by atoms with Gasteiger partial charge in [0.2, 0.25) is 5.91 Å². The summed E-state index contributed by atoms with van der Waals surface area (Å²) in [5.41, 5.74) is 3.47. The fourth-order valence-electron chi connectivity index (χ4n) is 5.26. The number of para-hydroxylation sites is 1. The van der Waals surface area contributed by atoms with Gasteiger partial charge in [-0.3, -0.25) is 9.69 Å². The number of aromatic amines is 1. The normalized spacial score (nSPS) is 18.5. The number of hydrogen-bond acceptors (Lipinski definition) is 5. The third-order valence-electron chi connectivity index (χ3n) is 6.85. The van der Waals surface area contributed by atoms with Crippen molar-refractivity contribution < 1.29 is 14.3 Å². The number of fused-ring (bicyclic) bond motifs is 2. The Labute approximate surface area is 207 Å². The summed E-state index contributed by atoms with van der Waals surface area (Å²) in [5.74, 6) is 1.87. The molecule has 0 aliphatic carbocycles. The maximum absolute atomic E-state index is 13.8. The highest BCUT2D eigenvalue weighted by Gasteiger charge is 2.30. The number of aromatic nitrogens is 2. The van der Waals surface area contributed by atoms with Crippen molar-refractivity contribution in [3.8, 4) is 11.6 Å². The highest BCUT2D eigenvalue weighted by atomic mass is 16.5. The lowest BCUT2D eigenvalue weighted by Gasteiger charge is -2.35. The van der Waals surface area contributed by atoms with E-state index in [0.717, 1.165) is 51.0 Å². The van der Waals surface area contributed by atoms with Crippen LogP contribution in [0.1, 0.15) is 44.2 Å². The summed E-state index contributed by atoms with van der Waals surface area (Å²) >= 11 is 0. The Morgan fingerprint density at radius 1 is 1.23 bits per heavy atom. The molecule has 0 spiro atoms. The molecule has 5 rings (SSSR count). The Hall–Kier alpha value is -3.06. The van der Waals surface area contributed by atoms with Gasteiger partial charge in [0.15, 0.2) is 5.75 Å². The molecule has 1 unspecified atom stereocenters. The van der Waals surface area contributed by atoms with Gasteiger partial charge in [0.05, 0.1) is 19.1 Å². The lowest BCUT2D eigenvalue weighted by atomic mass is 9.95. The van der Waals surface area contributed by atoms with Gasteiger partial charge in [0.1, 0.15) is 0 Å². The molecule has 1 fully saturated rings. The quantitative estimate of drug-likeness (QED) is 0.539. The van der Waals surface area contributed by atoms with Crippen molar-refractivity contribution in [2.45, 2.75) is 46.2 Å². The first-order valence-corrected chi connectivity index (χ1v) is 12.9. The highest BCUT2D eigenvalue weighted by Crippen LogP contribution is 2.29. The summed E-state index contributed by atoms with van der Waals surface area (Å²) in [6.45, 7) is 9.52. The van der Waals surface area contributed by atoms with Crippen molar-refractivity contribution in [1.29, 1.82) is 0 Å². The minimum absolute atomic E-state index is 0.0127. The molecule has 4 heterocycles. The van der Waals surface area contributed by atoms with Gasteiger partial charge in [-0.15, -0.1) is 0 Å². The van der Waals surface area contributed by atoms with Crippen molar-refractivity contribution in [2.24, 2.45) is 11.8 Å². The second-order valence-electron chi connectivity index (χ2n) is 10.2. The van der Waals surface area contributed by atoms with E-state index in [2.05, 4.69) is 53.0 Å². The van der Waals surface area contributed by atoms with Crippen LogP contribution in [0, 0.1) is 11.8 Å². The molecule has 1 saturated heterocycles. The largest absolute Gasteiger partial charge is 0.488 e. The Morgan fingerprint density at radius 3 is 3.00 bits per heavy atom. The number of pyridine rings is 1. The molecule has 2 aliphatic rings. The van der Waals surface area contributed by atoms with Crippen molar-refractivity contribution in [1.82, 2.24) is 19.8 Å². The number of carbonyl (C=O) groups excluding carboxylic acids is 1. The van der Waals surface area contributed by atoms with Crippen LogP contribution in [-0.4, -0.2) is 58.5 Å². The second kappa shape index (κ2) is 10.7. The SMILES string of the molecule is CC(C)CN(Cc1cnc2c(c1)OCCCO2)C(=O)C1CCCN(Cc2cccc3cc[nH]c23)C1. The van der Waals surface area contributed by atoms with E-state index in [1.165, 1.54) is 16.5 Å². The molecule has 35 heavy (non-hydrogen) atoms. The molecule has 1 atom stereocenters. The van der Waals surface area contributed by atoms with Crippen molar-refractivity contribution >= 4 is 16.8 Å². The molecule has 1 aromatic carbocycles. The predicted molar refractivity (Wildman–Crippen MR) is 136 cm³/mol. The number of benzene rings is 1. The topological polar surface area (TPSA) is 70.7 Å². The third kappa shape index (κ3) is 5.61. The third-order valence-corrected chi connectivity index (χ3v) is 6.85. The average Bonchev–Trinajstić information content (AvgIpc) is 3.22. The molecule has 0 radical (unpaired) electrons.